The minimum Gasteiger partial charge on any atom is -0.482 e. The van der Waals surface area contributed by atoms with Crippen molar-refractivity contribution in [3.63, 3.8) is 0 Å². The number of halogens is 1. The molecule has 1 aromatic rings. The average Bonchev–Trinajstić information content (AvgIpc) is 2.80. The third kappa shape index (κ3) is 8.37. The molecule has 0 spiro atoms. The van der Waals surface area contributed by atoms with Crippen LogP contribution in [0, 0.1) is 3.57 Å². The van der Waals surface area contributed by atoms with Gasteiger partial charge in [-0.05, 0) is 68.0 Å². The van der Waals surface area contributed by atoms with Crippen LogP contribution in [0.2, 0.25) is 0 Å². The van der Waals surface area contributed by atoms with Crippen LogP contribution in [-0.4, -0.2) is 78.1 Å². The summed E-state index contributed by atoms with van der Waals surface area (Å²) in [6.07, 6.45) is 2.03. The highest BCUT2D eigenvalue weighted by atomic mass is 127. The third-order valence-electron chi connectivity index (χ3n) is 5.30. The number of aliphatic hydroxyl groups excluding tert-OH is 2. The van der Waals surface area contributed by atoms with Gasteiger partial charge < -0.3 is 29.9 Å². The smallest absolute Gasteiger partial charge is 0.247 e. The Morgan fingerprint density at radius 2 is 2.03 bits per heavy atom. The summed E-state index contributed by atoms with van der Waals surface area (Å²) in [7, 11) is 0. The molecule has 0 saturated carbocycles. The largest absolute Gasteiger partial charge is 0.482 e. The number of carbonyl (C=O) groups excluding carboxylic acids is 2. The lowest BCUT2D eigenvalue weighted by Crippen LogP contribution is -2.55. The quantitative estimate of drug-likeness (QED) is 0.197. The van der Waals surface area contributed by atoms with E-state index >= 15 is 0 Å². The minimum atomic E-state index is -1.05. The van der Waals surface area contributed by atoms with Crippen LogP contribution in [0.4, 0.5) is 0 Å². The number of carbonyl (C=O) groups is 2. The Labute approximate surface area is 215 Å². The molecule has 1 aliphatic rings. The summed E-state index contributed by atoms with van der Waals surface area (Å²) < 4.78 is 12.4. The number of hydrogen-bond donors (Lipinski definition) is 3. The van der Waals surface area contributed by atoms with Gasteiger partial charge in [0.1, 0.15) is 18.0 Å². The van der Waals surface area contributed by atoms with Gasteiger partial charge in [0.25, 0.3) is 0 Å². The number of allylic oxidation sites excluding steroid dienone is 1. The predicted molar refractivity (Wildman–Crippen MR) is 138 cm³/mol. The van der Waals surface area contributed by atoms with E-state index in [2.05, 4.69) is 27.9 Å². The Balaban J connectivity index is 2.38. The second kappa shape index (κ2) is 14.4. The number of ether oxygens (including phenoxy) is 2. The SMILES string of the molecule is CCOCCCN(C(=O)C=C(C)C)C1CC(C(=O)NCCO)=CC(Oc2ccccc2I)C1O. The van der Waals surface area contributed by atoms with Gasteiger partial charge in [-0.3, -0.25) is 9.59 Å². The van der Waals surface area contributed by atoms with E-state index in [0.29, 0.717) is 37.5 Å². The number of nitrogens with zero attached hydrogens (tertiary/aromatic N) is 1. The normalized spacial score (nSPS) is 19.7. The van der Waals surface area contributed by atoms with Crippen LogP contribution in [-0.2, 0) is 14.3 Å². The van der Waals surface area contributed by atoms with Gasteiger partial charge in [0.05, 0.1) is 16.2 Å². The van der Waals surface area contributed by atoms with Crippen LogP contribution in [0.25, 0.3) is 0 Å². The Hall–Kier alpha value is -1.95. The fourth-order valence-electron chi connectivity index (χ4n) is 3.72. The van der Waals surface area contributed by atoms with Crippen LogP contribution in [0.15, 0.2) is 47.6 Å². The molecule has 1 aliphatic carbocycles. The maximum Gasteiger partial charge on any atom is 0.247 e. The van der Waals surface area contributed by atoms with Crippen molar-refractivity contribution in [3.8, 4) is 5.75 Å². The topological polar surface area (TPSA) is 108 Å². The zero-order valence-corrected chi connectivity index (χ0v) is 22.2. The molecule has 3 atom stereocenters. The summed E-state index contributed by atoms with van der Waals surface area (Å²) in [5.41, 5.74) is 1.24. The van der Waals surface area contributed by atoms with Gasteiger partial charge in [-0.1, -0.05) is 17.7 Å². The lowest BCUT2D eigenvalue weighted by Gasteiger charge is -2.40. The standard InChI is InChI=1S/C25H35IN2O6/c1-4-33-13-7-11-28(23(30)14-17(2)3)20-15-18(25(32)27-10-12-29)16-22(24(20)31)34-21-9-6-5-8-19(21)26/h5-6,8-9,14,16,20,22,24,29,31H,4,7,10-13,15H2,1-3H3,(H,27,32). The minimum absolute atomic E-state index is 0.111. The summed E-state index contributed by atoms with van der Waals surface area (Å²) in [6, 6.07) is 6.74. The van der Waals surface area contributed by atoms with Crippen LogP contribution in [0.1, 0.15) is 33.6 Å². The van der Waals surface area contributed by atoms with Crippen molar-refractivity contribution in [1.29, 1.82) is 0 Å². The first kappa shape index (κ1) is 28.3. The molecule has 3 unspecified atom stereocenters. The molecule has 34 heavy (non-hydrogen) atoms. The summed E-state index contributed by atoms with van der Waals surface area (Å²) >= 11 is 2.15. The third-order valence-corrected chi connectivity index (χ3v) is 6.19. The van der Waals surface area contributed by atoms with Gasteiger partial charge in [0.15, 0.2) is 0 Å². The van der Waals surface area contributed by atoms with Gasteiger partial charge >= 0.3 is 0 Å². The molecule has 2 rings (SSSR count). The molecule has 0 radical (unpaired) electrons. The average molecular weight is 586 g/mol. The zero-order valence-electron chi connectivity index (χ0n) is 20.0. The second-order valence-corrected chi connectivity index (χ2v) is 9.41. The number of para-hydroxylation sites is 1. The first-order valence-corrected chi connectivity index (χ1v) is 12.6. The number of rotatable bonds is 12. The molecule has 8 nitrogen and oxygen atoms in total. The van der Waals surface area contributed by atoms with Crippen molar-refractivity contribution in [2.45, 2.75) is 51.9 Å². The number of aliphatic hydroxyl groups is 2. The lowest BCUT2D eigenvalue weighted by atomic mass is 9.88. The van der Waals surface area contributed by atoms with Crippen molar-refractivity contribution < 1.29 is 29.3 Å². The highest BCUT2D eigenvalue weighted by Crippen LogP contribution is 2.30. The second-order valence-electron chi connectivity index (χ2n) is 8.25. The molecule has 0 heterocycles. The summed E-state index contributed by atoms with van der Waals surface area (Å²) in [4.78, 5) is 27.5. The summed E-state index contributed by atoms with van der Waals surface area (Å²) in [6.45, 7) is 6.94. The van der Waals surface area contributed by atoms with Crippen molar-refractivity contribution in [2.75, 3.05) is 32.9 Å². The van der Waals surface area contributed by atoms with Crippen LogP contribution < -0.4 is 10.1 Å². The van der Waals surface area contributed by atoms with Gasteiger partial charge in [-0.2, -0.15) is 0 Å². The Morgan fingerprint density at radius 1 is 1.29 bits per heavy atom. The Morgan fingerprint density at radius 3 is 2.68 bits per heavy atom. The van der Waals surface area contributed by atoms with E-state index in [1.807, 2.05) is 39.0 Å². The molecule has 0 fully saturated rings. The van der Waals surface area contributed by atoms with Gasteiger partial charge in [-0.25, -0.2) is 0 Å². The maximum atomic E-state index is 13.1. The molecule has 0 bridgehead atoms. The van der Waals surface area contributed by atoms with Gasteiger partial charge in [-0.15, -0.1) is 0 Å². The van der Waals surface area contributed by atoms with Crippen molar-refractivity contribution in [3.05, 3.63) is 51.1 Å². The number of nitrogens with one attached hydrogen (secondary N) is 1. The molecule has 3 N–H and O–H groups in total. The molecule has 188 valence electrons. The van der Waals surface area contributed by atoms with E-state index < -0.39 is 18.2 Å². The number of amides is 2. The first-order chi connectivity index (χ1) is 16.3. The Bertz CT molecular complexity index is 884. The maximum absolute atomic E-state index is 13.1. The molecule has 0 aliphatic heterocycles. The van der Waals surface area contributed by atoms with Crippen molar-refractivity contribution in [2.24, 2.45) is 0 Å². The number of hydrogen-bond acceptors (Lipinski definition) is 6. The monoisotopic (exact) mass is 586 g/mol. The summed E-state index contributed by atoms with van der Waals surface area (Å²) in [5.74, 6) is -0.00506. The van der Waals surface area contributed by atoms with Crippen LogP contribution in [0.5, 0.6) is 5.75 Å². The highest BCUT2D eigenvalue weighted by molar-refractivity contribution is 14.1. The lowest BCUT2D eigenvalue weighted by molar-refractivity contribution is -0.133. The zero-order chi connectivity index (χ0) is 25.1. The predicted octanol–water partition coefficient (Wildman–Crippen LogP) is 2.43. The van der Waals surface area contributed by atoms with Crippen LogP contribution in [0.3, 0.4) is 0 Å². The molecular formula is C25H35IN2O6. The van der Waals surface area contributed by atoms with Gasteiger partial charge in [0.2, 0.25) is 11.8 Å². The molecule has 0 aromatic heterocycles. The molecular weight excluding hydrogens is 551 g/mol. The fraction of sp³-hybridized carbons (Fsp3) is 0.520. The van der Waals surface area contributed by atoms with E-state index in [-0.39, 0.29) is 31.4 Å². The molecule has 9 heteroatoms. The fourth-order valence-corrected chi connectivity index (χ4v) is 4.23. The summed E-state index contributed by atoms with van der Waals surface area (Å²) in [5, 5.41) is 23.1. The van der Waals surface area contributed by atoms with E-state index in [1.165, 1.54) is 6.08 Å². The molecule has 1 aromatic carbocycles. The van der Waals surface area contributed by atoms with Crippen LogP contribution >= 0.6 is 22.6 Å². The van der Waals surface area contributed by atoms with E-state index in [0.717, 1.165) is 9.14 Å². The molecule has 2 amide bonds. The van der Waals surface area contributed by atoms with E-state index in [4.69, 9.17) is 14.6 Å². The molecule has 0 saturated heterocycles. The van der Waals surface area contributed by atoms with E-state index in [9.17, 15) is 14.7 Å². The van der Waals surface area contributed by atoms with Crippen molar-refractivity contribution >= 4 is 34.4 Å². The first-order valence-electron chi connectivity index (χ1n) is 11.5. The van der Waals surface area contributed by atoms with E-state index in [1.54, 1.807) is 17.0 Å². The van der Waals surface area contributed by atoms with Crippen molar-refractivity contribution in [1.82, 2.24) is 10.2 Å². The Kier molecular flexibility index (Phi) is 12.0. The number of benzene rings is 1. The highest BCUT2D eigenvalue weighted by Gasteiger charge is 2.40. The van der Waals surface area contributed by atoms with Gasteiger partial charge in [0, 0.05) is 44.4 Å².